The molecule has 2 aliphatic rings. The first kappa shape index (κ1) is 22.5. The summed E-state index contributed by atoms with van der Waals surface area (Å²) in [6, 6.07) is 17.0. The molecule has 0 unspecified atom stereocenters. The van der Waals surface area contributed by atoms with Crippen molar-refractivity contribution in [3.8, 4) is 5.75 Å². The molecule has 33 heavy (non-hydrogen) atoms. The largest absolute Gasteiger partial charge is 0.489 e. The number of piperidine rings is 1. The van der Waals surface area contributed by atoms with Crippen molar-refractivity contribution in [2.75, 3.05) is 13.1 Å². The smallest absolute Gasteiger partial charge is 0.120 e. The molecule has 0 amide bonds. The van der Waals surface area contributed by atoms with E-state index >= 15 is 0 Å². The summed E-state index contributed by atoms with van der Waals surface area (Å²) in [6.45, 7) is 4.58. The van der Waals surface area contributed by atoms with E-state index in [4.69, 9.17) is 4.74 Å². The van der Waals surface area contributed by atoms with Crippen molar-refractivity contribution in [2.24, 2.45) is 5.92 Å². The van der Waals surface area contributed by atoms with Gasteiger partial charge in [-0.25, -0.2) is 0 Å². The number of hydrogen-bond acceptors (Lipinski definition) is 3. The summed E-state index contributed by atoms with van der Waals surface area (Å²) >= 11 is 0. The normalized spacial score (nSPS) is 18.7. The van der Waals surface area contributed by atoms with Crippen LogP contribution in [-0.4, -0.2) is 33.8 Å². The van der Waals surface area contributed by atoms with Gasteiger partial charge in [0.15, 0.2) is 0 Å². The molecule has 0 atom stereocenters. The fourth-order valence-electron chi connectivity index (χ4n) is 5.61. The van der Waals surface area contributed by atoms with Gasteiger partial charge in [0.25, 0.3) is 0 Å². The molecule has 1 saturated carbocycles. The Morgan fingerprint density at radius 1 is 0.909 bits per heavy atom. The van der Waals surface area contributed by atoms with Crippen LogP contribution in [0.4, 0.5) is 0 Å². The van der Waals surface area contributed by atoms with E-state index in [1.807, 2.05) is 6.07 Å². The van der Waals surface area contributed by atoms with Crippen molar-refractivity contribution in [2.45, 2.75) is 77.2 Å². The monoisotopic (exact) mass is 446 g/mol. The number of hydrogen-bond donors (Lipinski definition) is 1. The van der Waals surface area contributed by atoms with Gasteiger partial charge in [-0.05, 0) is 54.5 Å². The maximum absolute atomic E-state index is 9.90. The van der Waals surface area contributed by atoms with Gasteiger partial charge in [0, 0.05) is 43.3 Å². The molecule has 2 fully saturated rings. The first-order chi connectivity index (χ1) is 16.2. The van der Waals surface area contributed by atoms with Gasteiger partial charge in [-0.1, -0.05) is 62.4 Å². The summed E-state index contributed by atoms with van der Waals surface area (Å²) in [7, 11) is 0. The average Bonchev–Trinajstić information content (AvgIpc) is 3.20. The van der Waals surface area contributed by atoms with Crippen LogP contribution in [0, 0.1) is 5.92 Å². The Labute approximate surface area is 198 Å². The summed E-state index contributed by atoms with van der Waals surface area (Å²) in [5.41, 5.74) is 3.90. The van der Waals surface area contributed by atoms with Crippen molar-refractivity contribution in [3.63, 3.8) is 0 Å². The Hall–Kier alpha value is -2.30. The topological polar surface area (TPSA) is 37.6 Å². The minimum Gasteiger partial charge on any atom is -0.489 e. The fraction of sp³-hybridized carbons (Fsp3) is 0.517. The molecule has 4 heteroatoms. The molecule has 2 heterocycles. The first-order valence-electron chi connectivity index (χ1n) is 12.9. The molecule has 4 nitrogen and oxygen atoms in total. The van der Waals surface area contributed by atoms with Crippen LogP contribution in [0.1, 0.15) is 62.5 Å². The van der Waals surface area contributed by atoms with Crippen LogP contribution in [0.15, 0.2) is 54.7 Å². The molecule has 0 spiro atoms. The molecule has 0 radical (unpaired) electrons. The maximum atomic E-state index is 9.90. The lowest BCUT2D eigenvalue weighted by molar-refractivity contribution is 0.0794. The van der Waals surface area contributed by atoms with Gasteiger partial charge in [0.05, 0.1) is 6.10 Å². The highest BCUT2D eigenvalue weighted by molar-refractivity contribution is 5.85. The molecule has 5 rings (SSSR count). The molecule has 1 aromatic heterocycles. The Balaban J connectivity index is 1.35. The van der Waals surface area contributed by atoms with E-state index in [-0.39, 0.29) is 6.10 Å². The summed E-state index contributed by atoms with van der Waals surface area (Å²) in [5.74, 6) is 1.82. The number of rotatable bonds is 8. The van der Waals surface area contributed by atoms with E-state index in [9.17, 15) is 5.11 Å². The molecular weight excluding hydrogens is 408 g/mol. The zero-order valence-electron chi connectivity index (χ0n) is 19.8. The van der Waals surface area contributed by atoms with Crippen LogP contribution in [0.25, 0.3) is 10.9 Å². The van der Waals surface area contributed by atoms with Crippen LogP contribution in [0.2, 0.25) is 0 Å². The molecule has 2 aromatic carbocycles. The molecule has 176 valence electrons. The molecular formula is C29H38N2O2. The van der Waals surface area contributed by atoms with Crippen molar-refractivity contribution in [1.29, 1.82) is 0 Å². The highest BCUT2D eigenvalue weighted by Gasteiger charge is 2.20. The van der Waals surface area contributed by atoms with Crippen LogP contribution in [0.5, 0.6) is 5.75 Å². The van der Waals surface area contributed by atoms with E-state index in [0.29, 0.717) is 6.61 Å². The second-order valence-electron chi connectivity index (χ2n) is 10.1. The lowest BCUT2D eigenvalue weighted by Gasteiger charge is -2.29. The molecule has 1 aliphatic carbocycles. The van der Waals surface area contributed by atoms with E-state index in [2.05, 4.69) is 58.1 Å². The average molecular weight is 447 g/mol. The number of nitrogens with zero attached hydrogens (tertiary/aromatic N) is 2. The van der Waals surface area contributed by atoms with Gasteiger partial charge < -0.3 is 14.4 Å². The number of likely N-dealkylation sites (tertiary alicyclic amines) is 1. The maximum Gasteiger partial charge on any atom is 0.120 e. The third-order valence-corrected chi connectivity index (χ3v) is 7.64. The second kappa shape index (κ2) is 10.8. The number of aliphatic hydroxyl groups excluding tert-OH is 1. The minimum absolute atomic E-state index is 0.129. The van der Waals surface area contributed by atoms with E-state index in [0.717, 1.165) is 50.7 Å². The number of fused-ring (bicyclic) bond motifs is 1. The van der Waals surface area contributed by atoms with E-state index in [1.165, 1.54) is 60.6 Å². The van der Waals surface area contributed by atoms with Crippen LogP contribution in [0.3, 0.4) is 0 Å². The zero-order valence-corrected chi connectivity index (χ0v) is 19.8. The third-order valence-electron chi connectivity index (χ3n) is 7.64. The lowest BCUT2D eigenvalue weighted by atomic mass is 9.87. The van der Waals surface area contributed by atoms with Gasteiger partial charge in [0.1, 0.15) is 12.4 Å². The fourth-order valence-corrected chi connectivity index (χ4v) is 5.61. The second-order valence-corrected chi connectivity index (χ2v) is 10.1. The quantitative estimate of drug-likeness (QED) is 0.451. The highest BCUT2D eigenvalue weighted by atomic mass is 16.5. The van der Waals surface area contributed by atoms with Crippen LogP contribution in [-0.2, 0) is 19.7 Å². The summed E-state index contributed by atoms with van der Waals surface area (Å²) < 4.78 is 8.65. The Bertz CT molecular complexity index is 1010. The number of ether oxygens (including phenoxy) is 1. The highest BCUT2D eigenvalue weighted by Crippen LogP contribution is 2.31. The lowest BCUT2D eigenvalue weighted by Crippen LogP contribution is -2.35. The third kappa shape index (κ3) is 5.80. The number of aliphatic hydroxyl groups is 1. The van der Waals surface area contributed by atoms with Crippen molar-refractivity contribution < 1.29 is 9.84 Å². The number of benzene rings is 2. The molecule has 1 aliphatic heterocycles. The SMILES string of the molecule is OC1CCN(Cc2cn(CCC3CCCCC3)c3ccc(OCc4ccccc4)cc23)CC1. The minimum atomic E-state index is -0.129. The molecule has 3 aromatic rings. The van der Waals surface area contributed by atoms with Gasteiger partial charge in [-0.3, -0.25) is 4.90 Å². The van der Waals surface area contributed by atoms with Gasteiger partial charge >= 0.3 is 0 Å². The zero-order chi connectivity index (χ0) is 22.5. The van der Waals surface area contributed by atoms with Crippen LogP contribution < -0.4 is 4.74 Å². The van der Waals surface area contributed by atoms with Gasteiger partial charge in [-0.15, -0.1) is 0 Å². The number of aryl methyl sites for hydroxylation is 1. The predicted octanol–water partition coefficient (Wildman–Crippen LogP) is 6.15. The first-order valence-corrected chi connectivity index (χ1v) is 12.9. The Kier molecular flexibility index (Phi) is 7.33. The summed E-state index contributed by atoms with van der Waals surface area (Å²) in [5, 5.41) is 11.2. The summed E-state index contributed by atoms with van der Waals surface area (Å²) in [4.78, 5) is 2.49. The predicted molar refractivity (Wildman–Crippen MR) is 134 cm³/mol. The van der Waals surface area contributed by atoms with Crippen molar-refractivity contribution in [3.05, 3.63) is 65.9 Å². The number of aromatic nitrogens is 1. The van der Waals surface area contributed by atoms with Gasteiger partial charge in [-0.2, -0.15) is 0 Å². The standard InChI is InChI=1S/C29H38N2O2/c32-26-14-16-30(17-15-26)20-25-21-31(18-13-23-7-3-1-4-8-23)29-12-11-27(19-28(25)29)33-22-24-9-5-2-6-10-24/h2,5-6,9-12,19,21,23,26,32H,1,3-4,7-8,13-18,20,22H2. The molecule has 0 bridgehead atoms. The van der Waals surface area contributed by atoms with Crippen molar-refractivity contribution >= 4 is 10.9 Å². The van der Waals surface area contributed by atoms with E-state index < -0.39 is 0 Å². The van der Waals surface area contributed by atoms with Crippen LogP contribution >= 0.6 is 0 Å². The molecule has 1 saturated heterocycles. The van der Waals surface area contributed by atoms with Gasteiger partial charge in [0.2, 0.25) is 0 Å². The Morgan fingerprint density at radius 2 is 1.70 bits per heavy atom. The molecule has 1 N–H and O–H groups in total. The van der Waals surface area contributed by atoms with Crippen molar-refractivity contribution in [1.82, 2.24) is 9.47 Å². The Morgan fingerprint density at radius 3 is 2.48 bits per heavy atom. The summed E-state index contributed by atoms with van der Waals surface area (Å²) in [6.07, 6.45) is 12.3. The van der Waals surface area contributed by atoms with E-state index in [1.54, 1.807) is 0 Å².